The lowest BCUT2D eigenvalue weighted by Crippen LogP contribution is -2.22. The molecule has 6 heteroatoms. The number of anilines is 1. The van der Waals surface area contributed by atoms with Gasteiger partial charge in [0, 0.05) is 16.1 Å². The van der Waals surface area contributed by atoms with Gasteiger partial charge in [-0.05, 0) is 98.0 Å². The molecule has 4 nitrogen and oxygen atoms in total. The molecular weight excluding hydrogens is 487 g/mol. The van der Waals surface area contributed by atoms with Crippen LogP contribution in [-0.2, 0) is 4.79 Å². The molecule has 1 atom stereocenters. The minimum atomic E-state index is -0.500. The zero-order chi connectivity index (χ0) is 26.5. The number of carbonyl (C=O) groups excluding carboxylic acids is 1. The molecule has 0 aromatic heterocycles. The molecule has 2 aliphatic rings. The van der Waals surface area contributed by atoms with Crippen LogP contribution in [-0.4, -0.2) is 22.8 Å². The van der Waals surface area contributed by atoms with Gasteiger partial charge in [-0.2, -0.15) is 0 Å². The Morgan fingerprint density at radius 1 is 1.05 bits per heavy atom. The summed E-state index contributed by atoms with van der Waals surface area (Å²) in [5.41, 5.74) is 7.00. The van der Waals surface area contributed by atoms with E-state index in [-0.39, 0.29) is 17.5 Å². The Morgan fingerprint density at radius 3 is 2.57 bits per heavy atom. The van der Waals surface area contributed by atoms with Crippen LogP contribution in [0.25, 0.3) is 5.57 Å². The van der Waals surface area contributed by atoms with Crippen molar-refractivity contribution < 1.29 is 14.3 Å². The second-order valence-electron chi connectivity index (χ2n) is 8.92. The van der Waals surface area contributed by atoms with Gasteiger partial charge in [0.1, 0.15) is 17.6 Å². The Bertz CT molecular complexity index is 1450. The third kappa shape index (κ3) is 6.07. The second kappa shape index (κ2) is 11.4. The van der Waals surface area contributed by atoms with Crippen molar-refractivity contribution in [2.45, 2.75) is 33.2 Å². The molecule has 1 unspecified atom stereocenters. The van der Waals surface area contributed by atoms with Gasteiger partial charge in [0.15, 0.2) is 0 Å². The Hall–Kier alpha value is -3.96. The van der Waals surface area contributed by atoms with Crippen molar-refractivity contribution in [1.82, 2.24) is 0 Å². The highest BCUT2D eigenvalue weighted by Crippen LogP contribution is 2.29. The summed E-state index contributed by atoms with van der Waals surface area (Å²) in [6.07, 6.45) is 9.28. The number of phenols is 1. The van der Waals surface area contributed by atoms with E-state index in [4.69, 9.17) is 11.6 Å². The van der Waals surface area contributed by atoms with Gasteiger partial charge >= 0.3 is 0 Å². The van der Waals surface area contributed by atoms with E-state index in [0.717, 1.165) is 34.2 Å². The number of fused-ring (bicyclic) bond motifs is 1. The first-order valence-corrected chi connectivity index (χ1v) is 12.4. The summed E-state index contributed by atoms with van der Waals surface area (Å²) in [5, 5.41) is 12.8. The molecule has 1 amide bonds. The molecule has 5 rings (SSSR count). The Balaban J connectivity index is 0.000000180. The van der Waals surface area contributed by atoms with Gasteiger partial charge < -0.3 is 10.4 Å². The summed E-state index contributed by atoms with van der Waals surface area (Å²) in [6, 6.07) is 16.7. The number of aromatic hydroxyl groups is 1. The van der Waals surface area contributed by atoms with E-state index < -0.39 is 6.04 Å². The lowest BCUT2D eigenvalue weighted by Gasteiger charge is -2.11. The second-order valence-corrected chi connectivity index (χ2v) is 9.36. The van der Waals surface area contributed by atoms with Gasteiger partial charge in [0.2, 0.25) is 5.91 Å². The number of carbonyl (C=O) groups is 1. The van der Waals surface area contributed by atoms with Crippen molar-refractivity contribution in [2.75, 3.05) is 5.32 Å². The number of nitrogens with zero attached hydrogens (tertiary/aromatic N) is 1. The Kier molecular flexibility index (Phi) is 8.04. The molecule has 0 saturated carbocycles. The first kappa shape index (κ1) is 26.1. The standard InChI is InChI=1S/C16H13ClN2O2.C15H15F/c1-9-16(21)19-14-7-4-11(17)8-13(14)15(18-9)10-2-5-12(20)6-3-10;1-11-7-4-3-5-8-13(11)14-9-6-10-15(16)12(14)2/h2-9,20H,1H3,(H,19,21);3-4,6-10H,5H2,1-2H3. The maximum Gasteiger partial charge on any atom is 0.248 e. The number of aliphatic imine (C=N–C) groups is 1. The average Bonchev–Trinajstić information content (AvgIpc) is 3.16. The van der Waals surface area contributed by atoms with Crippen molar-refractivity contribution >= 4 is 34.5 Å². The molecule has 0 saturated heterocycles. The molecule has 0 fully saturated rings. The highest BCUT2D eigenvalue weighted by atomic mass is 35.5. The smallest absolute Gasteiger partial charge is 0.248 e. The summed E-state index contributed by atoms with van der Waals surface area (Å²) in [7, 11) is 0. The zero-order valence-electron chi connectivity index (χ0n) is 20.9. The number of amides is 1. The van der Waals surface area contributed by atoms with Crippen LogP contribution < -0.4 is 5.32 Å². The number of hydrogen-bond acceptors (Lipinski definition) is 3. The maximum atomic E-state index is 13.5. The fourth-order valence-corrected chi connectivity index (χ4v) is 4.35. The van der Waals surface area contributed by atoms with Crippen LogP contribution in [0, 0.1) is 12.7 Å². The number of rotatable bonds is 2. The van der Waals surface area contributed by atoms with Gasteiger partial charge in [-0.25, -0.2) is 4.39 Å². The minimum Gasteiger partial charge on any atom is -0.508 e. The molecular formula is C31H28ClFN2O2. The Labute approximate surface area is 221 Å². The number of phenolic OH excluding ortho intramolecular Hbond substituents is 1. The van der Waals surface area contributed by atoms with Gasteiger partial charge in [0.05, 0.1) is 11.4 Å². The van der Waals surface area contributed by atoms with Gasteiger partial charge in [-0.15, -0.1) is 0 Å². The van der Waals surface area contributed by atoms with E-state index in [1.165, 1.54) is 11.6 Å². The molecule has 37 heavy (non-hydrogen) atoms. The maximum absolute atomic E-state index is 13.5. The van der Waals surface area contributed by atoms with Crippen molar-refractivity contribution in [3.8, 4) is 5.75 Å². The van der Waals surface area contributed by atoms with Crippen LogP contribution in [0.15, 0.2) is 95.5 Å². The molecule has 3 aromatic rings. The third-order valence-corrected chi connectivity index (χ3v) is 6.50. The summed E-state index contributed by atoms with van der Waals surface area (Å²) in [4.78, 5) is 16.5. The predicted molar refractivity (Wildman–Crippen MR) is 150 cm³/mol. The minimum absolute atomic E-state index is 0.136. The molecule has 1 aliphatic carbocycles. The lowest BCUT2D eigenvalue weighted by molar-refractivity contribution is -0.116. The van der Waals surface area contributed by atoms with Crippen LogP contribution >= 0.6 is 11.6 Å². The van der Waals surface area contributed by atoms with Gasteiger partial charge in [-0.3, -0.25) is 9.79 Å². The quantitative estimate of drug-likeness (QED) is 0.369. The summed E-state index contributed by atoms with van der Waals surface area (Å²) in [6.45, 7) is 5.63. The van der Waals surface area contributed by atoms with Gasteiger partial charge in [-0.1, -0.05) is 48.0 Å². The number of benzodiazepines with no additional fused rings is 1. The van der Waals surface area contributed by atoms with E-state index in [2.05, 4.69) is 35.5 Å². The van der Waals surface area contributed by atoms with Crippen LogP contribution in [0.5, 0.6) is 5.75 Å². The van der Waals surface area contributed by atoms with Crippen molar-refractivity contribution in [2.24, 2.45) is 4.99 Å². The Morgan fingerprint density at radius 2 is 1.81 bits per heavy atom. The molecule has 0 spiro atoms. The highest BCUT2D eigenvalue weighted by Gasteiger charge is 2.23. The number of benzene rings is 3. The largest absolute Gasteiger partial charge is 0.508 e. The SMILES string of the molecule is CC1=CC=CCC=C1c1cccc(F)c1C.CC1N=C(c2ccc(O)cc2)c2cc(Cl)ccc2NC1=O. The fraction of sp³-hybridized carbons (Fsp3) is 0.161. The lowest BCUT2D eigenvalue weighted by atomic mass is 9.94. The highest BCUT2D eigenvalue weighted by molar-refractivity contribution is 6.32. The number of halogens is 2. The molecule has 1 aliphatic heterocycles. The average molecular weight is 515 g/mol. The third-order valence-electron chi connectivity index (χ3n) is 6.26. The van der Waals surface area contributed by atoms with E-state index in [0.29, 0.717) is 16.4 Å². The number of allylic oxidation sites excluding steroid dienone is 6. The van der Waals surface area contributed by atoms with E-state index in [9.17, 15) is 14.3 Å². The fourth-order valence-electron chi connectivity index (χ4n) is 4.18. The number of nitrogens with one attached hydrogen (secondary N) is 1. The van der Waals surface area contributed by atoms with Crippen molar-refractivity contribution in [1.29, 1.82) is 0 Å². The summed E-state index contributed by atoms with van der Waals surface area (Å²) in [5.74, 6) is -0.114. The molecule has 0 radical (unpaired) electrons. The van der Waals surface area contributed by atoms with E-state index >= 15 is 0 Å². The summed E-state index contributed by atoms with van der Waals surface area (Å²) >= 11 is 6.07. The van der Waals surface area contributed by atoms with Crippen LogP contribution in [0.1, 0.15) is 42.5 Å². The topological polar surface area (TPSA) is 61.7 Å². The number of hydrogen-bond donors (Lipinski definition) is 2. The van der Waals surface area contributed by atoms with E-state index in [1.54, 1.807) is 55.5 Å². The van der Waals surface area contributed by atoms with Gasteiger partial charge in [0.25, 0.3) is 0 Å². The summed E-state index contributed by atoms with van der Waals surface area (Å²) < 4.78 is 13.5. The molecule has 188 valence electrons. The first-order valence-electron chi connectivity index (χ1n) is 12.0. The van der Waals surface area contributed by atoms with Crippen LogP contribution in [0.2, 0.25) is 5.02 Å². The van der Waals surface area contributed by atoms with Crippen LogP contribution in [0.4, 0.5) is 10.1 Å². The molecule has 2 N–H and O–H groups in total. The molecule has 1 heterocycles. The van der Waals surface area contributed by atoms with Crippen molar-refractivity contribution in [3.63, 3.8) is 0 Å². The zero-order valence-corrected chi connectivity index (χ0v) is 21.7. The molecule has 0 bridgehead atoms. The molecule has 3 aromatic carbocycles. The first-order chi connectivity index (χ1) is 17.7. The van der Waals surface area contributed by atoms with E-state index in [1.807, 2.05) is 19.1 Å². The van der Waals surface area contributed by atoms with Crippen LogP contribution in [0.3, 0.4) is 0 Å². The monoisotopic (exact) mass is 514 g/mol. The normalized spacial score (nSPS) is 16.6. The predicted octanol–water partition coefficient (Wildman–Crippen LogP) is 7.65. The van der Waals surface area contributed by atoms with Crippen molar-refractivity contribution in [3.05, 3.63) is 124 Å².